The second-order valence-electron chi connectivity index (χ2n) is 5.33. The molecule has 0 aliphatic heterocycles. The van der Waals surface area contributed by atoms with Gasteiger partial charge in [0.25, 0.3) is 5.69 Å². The summed E-state index contributed by atoms with van der Waals surface area (Å²) in [5, 5.41) is 14.6. The zero-order chi connectivity index (χ0) is 16.0. The highest BCUT2D eigenvalue weighted by Gasteiger charge is 2.18. The fraction of sp³-hybridized carbons (Fsp3) is 0. The van der Waals surface area contributed by atoms with Gasteiger partial charge in [-0.3, -0.25) is 10.1 Å². The molecule has 1 heterocycles. The number of nitro groups is 1. The largest absolute Gasteiger partial charge is 0.361 e. The molecule has 0 aliphatic rings. The van der Waals surface area contributed by atoms with Crippen LogP contribution < -0.4 is 0 Å². The van der Waals surface area contributed by atoms with Gasteiger partial charge in [0.1, 0.15) is 0 Å². The fourth-order valence-electron chi connectivity index (χ4n) is 3.01. The topological polar surface area (TPSA) is 58.9 Å². The maximum Gasteiger partial charge on any atom is 0.277 e. The van der Waals surface area contributed by atoms with Gasteiger partial charge in [-0.25, -0.2) is 0 Å². The van der Waals surface area contributed by atoms with Gasteiger partial charge in [0.2, 0.25) is 0 Å². The van der Waals surface area contributed by atoms with Gasteiger partial charge in [-0.1, -0.05) is 46.3 Å². The lowest BCUT2D eigenvalue weighted by Crippen LogP contribution is -1.93. The molecule has 1 aromatic heterocycles. The van der Waals surface area contributed by atoms with Crippen LogP contribution in [0.1, 0.15) is 0 Å². The van der Waals surface area contributed by atoms with E-state index < -0.39 is 0 Å². The molecular formula is C18H11BrN2O2. The van der Waals surface area contributed by atoms with Gasteiger partial charge in [0, 0.05) is 27.5 Å². The number of aromatic nitrogens is 1. The lowest BCUT2D eigenvalue weighted by atomic mass is 9.96. The van der Waals surface area contributed by atoms with Crippen LogP contribution in [0.5, 0.6) is 0 Å². The van der Waals surface area contributed by atoms with E-state index in [0.29, 0.717) is 5.56 Å². The number of fused-ring (bicyclic) bond motifs is 3. The summed E-state index contributed by atoms with van der Waals surface area (Å²) >= 11 is 3.41. The number of nitro benzene ring substituents is 1. The van der Waals surface area contributed by atoms with Gasteiger partial charge in [-0.15, -0.1) is 0 Å². The number of aromatic amines is 1. The third-order valence-electron chi connectivity index (χ3n) is 4.03. The predicted molar refractivity (Wildman–Crippen MR) is 95.6 cm³/mol. The van der Waals surface area contributed by atoms with Gasteiger partial charge < -0.3 is 4.98 Å². The highest BCUT2D eigenvalue weighted by atomic mass is 79.9. The molecule has 0 atom stereocenters. The van der Waals surface area contributed by atoms with E-state index in [2.05, 4.69) is 20.9 Å². The van der Waals surface area contributed by atoms with Crippen LogP contribution in [0, 0.1) is 10.1 Å². The first-order valence-electron chi connectivity index (χ1n) is 7.08. The van der Waals surface area contributed by atoms with Crippen LogP contribution in [0.2, 0.25) is 0 Å². The van der Waals surface area contributed by atoms with Crippen molar-refractivity contribution >= 4 is 43.3 Å². The number of halogens is 1. The van der Waals surface area contributed by atoms with E-state index in [4.69, 9.17) is 0 Å². The Bertz CT molecular complexity index is 1070. The molecule has 0 bridgehead atoms. The summed E-state index contributed by atoms with van der Waals surface area (Å²) < 4.78 is 0.816. The normalized spacial score (nSPS) is 11.2. The minimum atomic E-state index is -0.340. The number of H-pyrrole nitrogens is 1. The fourth-order valence-corrected chi connectivity index (χ4v) is 3.37. The Morgan fingerprint density at radius 3 is 2.65 bits per heavy atom. The summed E-state index contributed by atoms with van der Waals surface area (Å²) in [5.74, 6) is 0. The van der Waals surface area contributed by atoms with Crippen LogP contribution in [-0.4, -0.2) is 9.91 Å². The number of rotatable bonds is 2. The Hall–Kier alpha value is -2.66. The highest BCUT2D eigenvalue weighted by Crippen LogP contribution is 2.38. The molecule has 0 aliphatic carbocycles. The van der Waals surface area contributed by atoms with Gasteiger partial charge in [0.05, 0.1) is 16.0 Å². The lowest BCUT2D eigenvalue weighted by molar-refractivity contribution is -0.384. The predicted octanol–water partition coefficient (Wildman–Crippen LogP) is 5.66. The number of nitrogens with zero attached hydrogens (tertiary/aromatic N) is 1. The van der Waals surface area contributed by atoms with E-state index in [1.807, 2.05) is 42.6 Å². The molecule has 0 spiro atoms. The molecule has 1 N–H and O–H groups in total. The van der Waals surface area contributed by atoms with Gasteiger partial charge in [0.15, 0.2) is 0 Å². The van der Waals surface area contributed by atoms with Crippen molar-refractivity contribution in [2.75, 3.05) is 0 Å². The Morgan fingerprint density at radius 1 is 0.957 bits per heavy atom. The van der Waals surface area contributed by atoms with Crippen LogP contribution >= 0.6 is 15.9 Å². The third kappa shape index (κ3) is 2.21. The van der Waals surface area contributed by atoms with Crippen molar-refractivity contribution < 1.29 is 4.92 Å². The van der Waals surface area contributed by atoms with E-state index in [0.717, 1.165) is 31.7 Å². The first-order chi connectivity index (χ1) is 11.1. The van der Waals surface area contributed by atoms with Crippen LogP contribution in [0.15, 0.2) is 65.3 Å². The van der Waals surface area contributed by atoms with Crippen LogP contribution in [0.4, 0.5) is 5.69 Å². The molecule has 0 radical (unpaired) electrons. The van der Waals surface area contributed by atoms with E-state index in [1.165, 1.54) is 6.07 Å². The Labute approximate surface area is 140 Å². The summed E-state index contributed by atoms with van der Waals surface area (Å²) in [6.07, 6.45) is 1.90. The van der Waals surface area contributed by atoms with Crippen LogP contribution in [0.25, 0.3) is 32.8 Å². The Kier molecular flexibility index (Phi) is 3.16. The molecule has 4 nitrogen and oxygen atoms in total. The monoisotopic (exact) mass is 366 g/mol. The number of nitrogens with one attached hydrogen (secondary N) is 1. The van der Waals surface area contributed by atoms with E-state index >= 15 is 0 Å². The van der Waals surface area contributed by atoms with Crippen molar-refractivity contribution in [1.29, 1.82) is 0 Å². The lowest BCUT2D eigenvalue weighted by Gasteiger charge is -2.09. The summed E-state index contributed by atoms with van der Waals surface area (Å²) in [4.78, 5) is 14.3. The molecule has 0 fully saturated rings. The molecule has 0 saturated heterocycles. The van der Waals surface area contributed by atoms with Crippen molar-refractivity contribution in [2.24, 2.45) is 0 Å². The van der Waals surface area contributed by atoms with Crippen molar-refractivity contribution in [3.05, 3.63) is 75.4 Å². The average molecular weight is 367 g/mol. The van der Waals surface area contributed by atoms with Crippen molar-refractivity contribution in [2.45, 2.75) is 0 Å². The molecule has 0 unspecified atom stereocenters. The summed E-state index contributed by atoms with van der Waals surface area (Å²) in [5.41, 5.74) is 2.61. The van der Waals surface area contributed by atoms with Gasteiger partial charge in [-0.2, -0.15) is 0 Å². The molecular weight excluding hydrogens is 356 g/mol. The standard InChI is InChI=1S/C18H11BrN2O2/c19-12-5-7-17(21(22)23)16(10-12)13-2-1-3-15-14(13)6-4-11-8-9-20-18(11)15/h1-10,20H. The van der Waals surface area contributed by atoms with E-state index in [1.54, 1.807) is 12.1 Å². The van der Waals surface area contributed by atoms with E-state index in [-0.39, 0.29) is 10.6 Å². The minimum Gasteiger partial charge on any atom is -0.361 e. The van der Waals surface area contributed by atoms with E-state index in [9.17, 15) is 10.1 Å². The summed E-state index contributed by atoms with van der Waals surface area (Å²) in [6.45, 7) is 0. The summed E-state index contributed by atoms with van der Waals surface area (Å²) in [6, 6.07) is 17.0. The highest BCUT2D eigenvalue weighted by molar-refractivity contribution is 9.10. The number of hydrogen-bond donors (Lipinski definition) is 1. The van der Waals surface area contributed by atoms with Crippen molar-refractivity contribution in [1.82, 2.24) is 4.98 Å². The molecule has 0 saturated carbocycles. The maximum absolute atomic E-state index is 11.4. The molecule has 5 heteroatoms. The molecule has 3 aromatic carbocycles. The Balaban J connectivity index is 2.11. The molecule has 23 heavy (non-hydrogen) atoms. The Morgan fingerprint density at radius 2 is 1.83 bits per heavy atom. The smallest absolute Gasteiger partial charge is 0.277 e. The third-order valence-corrected chi connectivity index (χ3v) is 4.52. The zero-order valence-corrected chi connectivity index (χ0v) is 13.5. The molecule has 112 valence electrons. The maximum atomic E-state index is 11.4. The first kappa shape index (κ1) is 14.0. The first-order valence-corrected chi connectivity index (χ1v) is 7.87. The minimum absolute atomic E-state index is 0.104. The number of benzene rings is 3. The van der Waals surface area contributed by atoms with Crippen molar-refractivity contribution in [3.8, 4) is 11.1 Å². The SMILES string of the molecule is O=[N+]([O-])c1ccc(Br)cc1-c1cccc2c1ccc1cc[nH]c12. The second-order valence-corrected chi connectivity index (χ2v) is 6.24. The quantitative estimate of drug-likeness (QED) is 0.367. The second kappa shape index (κ2) is 5.21. The number of hydrogen-bond acceptors (Lipinski definition) is 2. The molecule has 0 amide bonds. The molecule has 4 aromatic rings. The average Bonchev–Trinajstić information content (AvgIpc) is 3.03. The molecule has 4 rings (SSSR count). The van der Waals surface area contributed by atoms with Crippen LogP contribution in [-0.2, 0) is 0 Å². The van der Waals surface area contributed by atoms with Crippen LogP contribution in [0.3, 0.4) is 0 Å². The summed E-state index contributed by atoms with van der Waals surface area (Å²) in [7, 11) is 0. The van der Waals surface area contributed by atoms with Gasteiger partial charge >= 0.3 is 0 Å². The van der Waals surface area contributed by atoms with Gasteiger partial charge in [-0.05, 0) is 29.1 Å². The zero-order valence-electron chi connectivity index (χ0n) is 11.9. The van der Waals surface area contributed by atoms with Crippen molar-refractivity contribution in [3.63, 3.8) is 0 Å².